The Morgan fingerprint density at radius 1 is 1.28 bits per heavy atom. The third-order valence-corrected chi connectivity index (χ3v) is 4.79. The van der Waals surface area contributed by atoms with Gasteiger partial charge in [-0.3, -0.25) is 0 Å². The van der Waals surface area contributed by atoms with Gasteiger partial charge in [0.2, 0.25) is 0 Å². The molecule has 0 saturated carbocycles. The Bertz CT molecular complexity index is 556. The molecule has 94 valence electrons. The molecule has 3 rings (SSSR count). The highest BCUT2D eigenvalue weighted by atomic mass is 32.1. The van der Waals surface area contributed by atoms with Crippen molar-refractivity contribution in [2.75, 3.05) is 0 Å². The van der Waals surface area contributed by atoms with Gasteiger partial charge in [0.25, 0.3) is 0 Å². The highest BCUT2D eigenvalue weighted by Crippen LogP contribution is 2.32. The maximum Gasteiger partial charge on any atom is 0.0329 e. The lowest BCUT2D eigenvalue weighted by Crippen LogP contribution is -2.18. The number of fused-ring (bicyclic) bond motifs is 1. The molecule has 0 fully saturated rings. The summed E-state index contributed by atoms with van der Waals surface area (Å²) in [6.07, 6.45) is 2.46. The first-order valence-corrected chi connectivity index (χ1v) is 7.53. The molecule has 1 aromatic carbocycles. The highest BCUT2D eigenvalue weighted by Gasteiger charge is 2.21. The minimum Gasteiger partial charge on any atom is -0.306 e. The van der Waals surface area contributed by atoms with E-state index in [1.807, 2.05) is 0 Å². The summed E-state index contributed by atoms with van der Waals surface area (Å²) in [7, 11) is 0. The first-order chi connectivity index (χ1) is 8.74. The predicted molar refractivity (Wildman–Crippen MR) is 78.1 cm³/mol. The van der Waals surface area contributed by atoms with Crippen molar-refractivity contribution in [3.63, 3.8) is 0 Å². The van der Waals surface area contributed by atoms with Crippen LogP contribution in [0.25, 0.3) is 0 Å². The fourth-order valence-electron chi connectivity index (χ4n) is 2.73. The van der Waals surface area contributed by atoms with Crippen molar-refractivity contribution < 1.29 is 0 Å². The average Bonchev–Trinajstić information content (AvgIpc) is 2.93. The molecule has 2 aromatic rings. The number of hydrogen-bond acceptors (Lipinski definition) is 2. The molecule has 2 heteroatoms. The van der Waals surface area contributed by atoms with Gasteiger partial charge in [0.1, 0.15) is 0 Å². The topological polar surface area (TPSA) is 12.0 Å². The quantitative estimate of drug-likeness (QED) is 0.871. The van der Waals surface area contributed by atoms with E-state index in [4.69, 9.17) is 0 Å². The normalized spacial score (nSPS) is 18.0. The smallest absolute Gasteiger partial charge is 0.0329 e. The maximum atomic E-state index is 3.71. The predicted octanol–water partition coefficient (Wildman–Crippen LogP) is 4.14. The second-order valence-corrected chi connectivity index (χ2v) is 6.00. The first-order valence-electron chi connectivity index (χ1n) is 6.58. The average molecular weight is 257 g/mol. The van der Waals surface area contributed by atoms with Crippen LogP contribution < -0.4 is 5.32 Å². The van der Waals surface area contributed by atoms with Gasteiger partial charge >= 0.3 is 0 Å². The molecule has 1 atom stereocenters. The van der Waals surface area contributed by atoms with Crippen LogP contribution in [0.4, 0.5) is 0 Å². The van der Waals surface area contributed by atoms with Crippen molar-refractivity contribution in [3.8, 4) is 0 Å². The van der Waals surface area contributed by atoms with Crippen molar-refractivity contribution in [1.29, 1.82) is 0 Å². The summed E-state index contributed by atoms with van der Waals surface area (Å²) in [6, 6.07) is 7.41. The number of thiophene rings is 1. The van der Waals surface area contributed by atoms with E-state index in [1.165, 1.54) is 40.7 Å². The van der Waals surface area contributed by atoms with Gasteiger partial charge in [-0.15, -0.1) is 0 Å². The van der Waals surface area contributed by atoms with Gasteiger partial charge in [-0.25, -0.2) is 0 Å². The molecule has 1 unspecified atom stereocenters. The zero-order valence-corrected chi connectivity index (χ0v) is 11.8. The van der Waals surface area contributed by atoms with Crippen molar-refractivity contribution >= 4 is 11.3 Å². The molecule has 0 saturated heterocycles. The van der Waals surface area contributed by atoms with E-state index in [0.29, 0.717) is 6.04 Å². The Morgan fingerprint density at radius 3 is 2.94 bits per heavy atom. The van der Waals surface area contributed by atoms with Gasteiger partial charge in [-0.05, 0) is 59.7 Å². The molecule has 1 N–H and O–H groups in total. The summed E-state index contributed by atoms with van der Waals surface area (Å²) in [5.41, 5.74) is 7.27. The minimum absolute atomic E-state index is 0.541. The number of rotatable bonds is 3. The zero-order valence-electron chi connectivity index (χ0n) is 11.0. The Hall–Kier alpha value is -1.12. The van der Waals surface area contributed by atoms with Gasteiger partial charge < -0.3 is 5.32 Å². The Balaban J connectivity index is 1.73. The summed E-state index contributed by atoms with van der Waals surface area (Å²) in [5, 5.41) is 8.20. The standard InChI is InChI=1S/C16H19NS/c1-11-3-4-13-5-6-16(15(13)7-11)17-8-14-10-18-9-12(14)2/h3-4,7,9-10,16-17H,5-6,8H2,1-2H3. The van der Waals surface area contributed by atoms with Crippen molar-refractivity contribution in [3.05, 3.63) is 56.8 Å². The Labute approximate surface area is 113 Å². The van der Waals surface area contributed by atoms with Gasteiger partial charge in [0.15, 0.2) is 0 Å². The number of benzene rings is 1. The van der Waals surface area contributed by atoms with Crippen molar-refractivity contribution in [1.82, 2.24) is 5.32 Å². The maximum absolute atomic E-state index is 3.71. The van der Waals surface area contributed by atoms with E-state index >= 15 is 0 Å². The summed E-state index contributed by atoms with van der Waals surface area (Å²) in [5.74, 6) is 0. The van der Waals surface area contributed by atoms with E-state index in [2.05, 4.69) is 48.1 Å². The summed E-state index contributed by atoms with van der Waals surface area (Å²) >= 11 is 1.80. The van der Waals surface area contributed by atoms with Crippen LogP contribution in [0, 0.1) is 13.8 Å². The van der Waals surface area contributed by atoms with Crippen LogP contribution >= 0.6 is 11.3 Å². The second-order valence-electron chi connectivity index (χ2n) is 5.25. The molecular formula is C16H19NS. The van der Waals surface area contributed by atoms with E-state index in [1.54, 1.807) is 11.3 Å². The SMILES string of the molecule is Cc1ccc2c(c1)C(NCc1cscc1C)CC2. The van der Waals surface area contributed by atoms with E-state index in [9.17, 15) is 0 Å². The molecule has 0 bridgehead atoms. The molecule has 0 spiro atoms. The molecule has 1 aliphatic rings. The van der Waals surface area contributed by atoms with Gasteiger partial charge in [0, 0.05) is 12.6 Å². The van der Waals surface area contributed by atoms with Crippen molar-refractivity contribution in [2.45, 2.75) is 39.3 Å². The Kier molecular flexibility index (Phi) is 3.23. The lowest BCUT2D eigenvalue weighted by molar-refractivity contribution is 0.530. The third-order valence-electron chi connectivity index (χ3n) is 3.88. The van der Waals surface area contributed by atoms with E-state index in [-0.39, 0.29) is 0 Å². The zero-order chi connectivity index (χ0) is 12.5. The van der Waals surface area contributed by atoms with Gasteiger partial charge in [0.05, 0.1) is 0 Å². The van der Waals surface area contributed by atoms with Crippen LogP contribution in [0.5, 0.6) is 0 Å². The van der Waals surface area contributed by atoms with Crippen LogP contribution in [-0.4, -0.2) is 0 Å². The molecule has 18 heavy (non-hydrogen) atoms. The summed E-state index contributed by atoms with van der Waals surface area (Å²) < 4.78 is 0. The number of hydrogen-bond donors (Lipinski definition) is 1. The van der Waals surface area contributed by atoms with E-state index in [0.717, 1.165) is 6.54 Å². The van der Waals surface area contributed by atoms with Crippen LogP contribution in [0.15, 0.2) is 29.0 Å². The van der Waals surface area contributed by atoms with Crippen LogP contribution in [0.1, 0.15) is 40.3 Å². The van der Waals surface area contributed by atoms with Gasteiger partial charge in [-0.1, -0.05) is 23.8 Å². The number of nitrogens with one attached hydrogen (secondary N) is 1. The molecule has 0 radical (unpaired) electrons. The largest absolute Gasteiger partial charge is 0.306 e. The first kappa shape index (κ1) is 11.9. The van der Waals surface area contributed by atoms with Crippen LogP contribution in [0.3, 0.4) is 0 Å². The fraction of sp³-hybridized carbons (Fsp3) is 0.375. The summed E-state index contributed by atoms with van der Waals surface area (Å²) in [6.45, 7) is 5.37. The Morgan fingerprint density at radius 2 is 2.17 bits per heavy atom. The fourth-order valence-corrected chi connectivity index (χ4v) is 3.59. The van der Waals surface area contributed by atoms with E-state index < -0.39 is 0 Å². The molecule has 1 heterocycles. The highest BCUT2D eigenvalue weighted by molar-refractivity contribution is 7.08. The molecule has 0 amide bonds. The molecule has 1 aromatic heterocycles. The molecular weight excluding hydrogens is 238 g/mol. The number of aryl methyl sites for hydroxylation is 3. The van der Waals surface area contributed by atoms with Crippen molar-refractivity contribution in [2.24, 2.45) is 0 Å². The summed E-state index contributed by atoms with van der Waals surface area (Å²) in [4.78, 5) is 0. The third kappa shape index (κ3) is 2.23. The van der Waals surface area contributed by atoms with Crippen LogP contribution in [-0.2, 0) is 13.0 Å². The van der Waals surface area contributed by atoms with Crippen LogP contribution in [0.2, 0.25) is 0 Å². The molecule has 0 aliphatic heterocycles. The second kappa shape index (κ2) is 4.87. The molecule has 1 aliphatic carbocycles. The minimum atomic E-state index is 0.541. The monoisotopic (exact) mass is 257 g/mol. The lowest BCUT2D eigenvalue weighted by Gasteiger charge is -2.14. The lowest BCUT2D eigenvalue weighted by atomic mass is 10.0. The molecule has 1 nitrogen and oxygen atoms in total. The van der Waals surface area contributed by atoms with Gasteiger partial charge in [-0.2, -0.15) is 11.3 Å².